The van der Waals surface area contributed by atoms with Gasteiger partial charge < -0.3 is 19.7 Å². The van der Waals surface area contributed by atoms with Crippen LogP contribution in [0.4, 0.5) is 0 Å². The smallest absolute Gasteiger partial charge is 0.193 e. The van der Waals surface area contributed by atoms with Crippen molar-refractivity contribution in [2.24, 2.45) is 10.4 Å². The van der Waals surface area contributed by atoms with Crippen LogP contribution >= 0.6 is 24.0 Å². The molecule has 0 aromatic heterocycles. The monoisotopic (exact) mass is 501 g/mol. The highest BCUT2D eigenvalue weighted by molar-refractivity contribution is 14.0. The molecular weight excluding hydrogens is 465 g/mol. The van der Waals surface area contributed by atoms with Crippen molar-refractivity contribution >= 4 is 29.9 Å². The number of aliphatic imine (C=N–C) groups is 1. The summed E-state index contributed by atoms with van der Waals surface area (Å²) in [6, 6.07) is 10.9. The van der Waals surface area contributed by atoms with Gasteiger partial charge in [-0.3, -0.25) is 4.99 Å². The third-order valence-electron chi connectivity index (χ3n) is 5.80. The molecule has 1 saturated carbocycles. The maximum Gasteiger partial charge on any atom is 0.193 e. The molecule has 0 spiro atoms. The van der Waals surface area contributed by atoms with Crippen molar-refractivity contribution in [3.63, 3.8) is 0 Å². The largest absolute Gasteiger partial charge is 0.385 e. The zero-order valence-electron chi connectivity index (χ0n) is 17.4. The Balaban J connectivity index is 0.00000280. The third kappa shape index (κ3) is 7.19. The summed E-state index contributed by atoms with van der Waals surface area (Å²) in [5, 5.41) is 3.66. The molecule has 28 heavy (non-hydrogen) atoms. The molecule has 1 aliphatic heterocycles. The van der Waals surface area contributed by atoms with Crippen LogP contribution in [0.3, 0.4) is 0 Å². The first kappa shape index (κ1) is 23.4. The van der Waals surface area contributed by atoms with E-state index in [1.54, 1.807) is 7.11 Å². The first-order chi connectivity index (χ1) is 13.2. The summed E-state index contributed by atoms with van der Waals surface area (Å²) in [6.07, 6.45) is 7.28. The van der Waals surface area contributed by atoms with E-state index < -0.39 is 0 Å². The van der Waals surface area contributed by atoms with Gasteiger partial charge in [-0.25, -0.2) is 0 Å². The van der Waals surface area contributed by atoms with Gasteiger partial charge in [0.25, 0.3) is 0 Å². The van der Waals surface area contributed by atoms with Crippen molar-refractivity contribution in [1.29, 1.82) is 0 Å². The molecule has 0 atom stereocenters. The lowest BCUT2D eigenvalue weighted by Crippen LogP contribution is -2.48. The molecule has 5 nitrogen and oxygen atoms in total. The number of hydrogen-bond donors (Lipinski definition) is 1. The Morgan fingerprint density at radius 1 is 1.18 bits per heavy atom. The lowest BCUT2D eigenvalue weighted by molar-refractivity contribution is 0.00987. The molecule has 158 valence electrons. The maximum atomic E-state index is 5.97. The third-order valence-corrected chi connectivity index (χ3v) is 5.80. The summed E-state index contributed by atoms with van der Waals surface area (Å²) in [5.41, 5.74) is 1.86. The van der Waals surface area contributed by atoms with Crippen molar-refractivity contribution in [3.05, 3.63) is 35.9 Å². The number of nitrogens with one attached hydrogen (secondary N) is 1. The number of nitrogens with zero attached hydrogens (tertiary/aromatic N) is 2. The number of methoxy groups -OCH3 is 1. The van der Waals surface area contributed by atoms with Crippen LogP contribution in [-0.2, 0) is 15.9 Å². The van der Waals surface area contributed by atoms with Gasteiger partial charge >= 0.3 is 0 Å². The van der Waals surface area contributed by atoms with Gasteiger partial charge in [0, 0.05) is 47.0 Å². The average molecular weight is 501 g/mol. The predicted octanol–water partition coefficient (Wildman–Crippen LogP) is 3.72. The van der Waals surface area contributed by atoms with Gasteiger partial charge in [-0.2, -0.15) is 0 Å². The standard InChI is InChI=1S/C22H35N3O2.HI/c1-23-21(25-13-9-20(10-14-25)27-16-6-15-26-2)24-18-22(11-12-22)17-19-7-4-3-5-8-19;/h3-5,7-8,20H,6,9-18H2,1-2H3,(H,23,24);1H. The molecule has 6 heteroatoms. The van der Waals surface area contributed by atoms with Gasteiger partial charge in [0.15, 0.2) is 5.96 Å². The molecule has 0 unspecified atom stereocenters. The topological polar surface area (TPSA) is 46.1 Å². The van der Waals surface area contributed by atoms with E-state index in [9.17, 15) is 0 Å². The van der Waals surface area contributed by atoms with E-state index >= 15 is 0 Å². The summed E-state index contributed by atoms with van der Waals surface area (Å²) in [4.78, 5) is 6.92. The Morgan fingerprint density at radius 2 is 1.89 bits per heavy atom. The Kier molecular flexibility index (Phi) is 10.0. The number of guanidine groups is 1. The molecule has 2 fully saturated rings. The Bertz CT molecular complexity index is 585. The van der Waals surface area contributed by atoms with Gasteiger partial charge in [-0.05, 0) is 49.5 Å². The van der Waals surface area contributed by atoms with Crippen LogP contribution in [-0.4, -0.2) is 64.0 Å². The van der Waals surface area contributed by atoms with E-state index in [0.717, 1.165) is 64.5 Å². The van der Waals surface area contributed by atoms with E-state index in [1.165, 1.54) is 18.4 Å². The van der Waals surface area contributed by atoms with Crippen LogP contribution in [0.1, 0.15) is 37.7 Å². The highest BCUT2D eigenvalue weighted by Gasteiger charge is 2.42. The van der Waals surface area contributed by atoms with E-state index in [-0.39, 0.29) is 24.0 Å². The Hall–Kier alpha value is -0.860. The molecule has 1 N–H and O–H groups in total. The molecule has 1 aromatic carbocycles. The van der Waals surface area contributed by atoms with Crippen LogP contribution < -0.4 is 5.32 Å². The molecule has 3 rings (SSSR count). The van der Waals surface area contributed by atoms with E-state index in [0.29, 0.717) is 11.5 Å². The van der Waals surface area contributed by atoms with Crippen molar-refractivity contribution in [2.75, 3.05) is 47.0 Å². The zero-order valence-corrected chi connectivity index (χ0v) is 19.7. The quantitative estimate of drug-likeness (QED) is 0.243. The van der Waals surface area contributed by atoms with Crippen LogP contribution in [0, 0.1) is 5.41 Å². The fraction of sp³-hybridized carbons (Fsp3) is 0.682. The van der Waals surface area contributed by atoms with Gasteiger partial charge in [0.05, 0.1) is 6.10 Å². The van der Waals surface area contributed by atoms with Gasteiger partial charge in [-0.15, -0.1) is 24.0 Å². The Morgan fingerprint density at radius 3 is 2.50 bits per heavy atom. The van der Waals surface area contributed by atoms with Crippen LogP contribution in [0.15, 0.2) is 35.3 Å². The first-order valence-electron chi connectivity index (χ1n) is 10.3. The number of ether oxygens (including phenoxy) is 2. The first-order valence-corrected chi connectivity index (χ1v) is 10.3. The fourth-order valence-corrected chi connectivity index (χ4v) is 3.91. The highest BCUT2D eigenvalue weighted by atomic mass is 127. The number of benzene rings is 1. The minimum atomic E-state index is 0. The summed E-state index contributed by atoms with van der Waals surface area (Å²) in [5.74, 6) is 1.05. The minimum Gasteiger partial charge on any atom is -0.385 e. The van der Waals surface area contributed by atoms with Crippen LogP contribution in [0.2, 0.25) is 0 Å². The minimum absolute atomic E-state index is 0. The SMILES string of the molecule is CN=C(NCC1(Cc2ccccc2)CC1)N1CCC(OCCCOC)CC1.I. The van der Waals surface area contributed by atoms with Crippen molar-refractivity contribution in [1.82, 2.24) is 10.2 Å². The highest BCUT2D eigenvalue weighted by Crippen LogP contribution is 2.47. The number of piperidine rings is 1. The number of likely N-dealkylation sites (tertiary alicyclic amines) is 1. The van der Waals surface area contributed by atoms with E-state index in [2.05, 4.69) is 45.5 Å². The zero-order chi connectivity index (χ0) is 19.0. The molecule has 1 aromatic rings. The normalized spacial score (nSPS) is 19.2. The molecule has 0 radical (unpaired) electrons. The fourth-order valence-electron chi connectivity index (χ4n) is 3.91. The molecule has 1 aliphatic carbocycles. The molecule has 1 saturated heterocycles. The Labute approximate surface area is 187 Å². The molecular formula is C22H36IN3O2. The van der Waals surface area contributed by atoms with E-state index in [1.807, 2.05) is 7.05 Å². The second-order valence-corrected chi connectivity index (χ2v) is 7.97. The maximum absolute atomic E-state index is 5.97. The van der Waals surface area contributed by atoms with Gasteiger partial charge in [-0.1, -0.05) is 30.3 Å². The number of halogens is 1. The lowest BCUT2D eigenvalue weighted by atomic mass is 9.96. The number of rotatable bonds is 9. The van der Waals surface area contributed by atoms with Crippen LogP contribution in [0.5, 0.6) is 0 Å². The van der Waals surface area contributed by atoms with Crippen molar-refractivity contribution in [2.45, 2.75) is 44.6 Å². The molecule has 1 heterocycles. The van der Waals surface area contributed by atoms with Crippen molar-refractivity contribution < 1.29 is 9.47 Å². The summed E-state index contributed by atoms with van der Waals surface area (Å²) in [6.45, 7) is 4.62. The number of hydrogen-bond acceptors (Lipinski definition) is 3. The van der Waals surface area contributed by atoms with Crippen molar-refractivity contribution in [3.8, 4) is 0 Å². The lowest BCUT2D eigenvalue weighted by Gasteiger charge is -2.34. The molecule has 0 amide bonds. The van der Waals surface area contributed by atoms with E-state index in [4.69, 9.17) is 9.47 Å². The molecule has 2 aliphatic rings. The molecule has 0 bridgehead atoms. The van der Waals surface area contributed by atoms with Gasteiger partial charge in [0.2, 0.25) is 0 Å². The average Bonchev–Trinajstić information content (AvgIpc) is 3.47. The second-order valence-electron chi connectivity index (χ2n) is 7.97. The summed E-state index contributed by atoms with van der Waals surface area (Å²) < 4.78 is 11.0. The predicted molar refractivity (Wildman–Crippen MR) is 126 cm³/mol. The second kappa shape index (κ2) is 12.0. The van der Waals surface area contributed by atoms with Crippen LogP contribution in [0.25, 0.3) is 0 Å². The summed E-state index contributed by atoms with van der Waals surface area (Å²) in [7, 11) is 3.63. The van der Waals surface area contributed by atoms with Gasteiger partial charge in [0.1, 0.15) is 0 Å². The summed E-state index contributed by atoms with van der Waals surface area (Å²) >= 11 is 0.